The lowest BCUT2D eigenvalue weighted by Crippen LogP contribution is -2.43. The standard InChI is InChI=1S/C27H38BrN5O2.C2H6/c1-4-19(3)29-24-20(5-2)23-22(17-21(24)28)30-26(31-25(23)32-11-8-15-34-16-14-32)35-18-27-9-6-12-33(27)13-7-10-27;1-2/h5,17,19H,4,6-16,18H2,1-3H3;1-2H3/b20-5-,29-24?;. The van der Waals surface area contributed by atoms with Gasteiger partial charge >= 0.3 is 6.01 Å². The molecular formula is C29H44BrN5O2. The first-order valence-electron chi connectivity index (χ1n) is 14.3. The van der Waals surface area contributed by atoms with Crippen LogP contribution in [0.3, 0.4) is 0 Å². The Morgan fingerprint density at radius 2 is 1.89 bits per heavy atom. The number of hydrogen-bond donors (Lipinski definition) is 0. The normalized spacial score (nSPS) is 24.2. The zero-order valence-electron chi connectivity index (χ0n) is 23.4. The summed E-state index contributed by atoms with van der Waals surface area (Å²) in [5, 5.41) is 0. The number of hydrogen-bond acceptors (Lipinski definition) is 7. The van der Waals surface area contributed by atoms with E-state index in [0.29, 0.717) is 19.2 Å². The molecule has 7 nitrogen and oxygen atoms in total. The van der Waals surface area contributed by atoms with Gasteiger partial charge in [-0.25, -0.2) is 0 Å². The number of rotatable bonds is 6. The van der Waals surface area contributed by atoms with Gasteiger partial charge in [-0.2, -0.15) is 9.97 Å². The highest BCUT2D eigenvalue weighted by Gasteiger charge is 2.45. The van der Waals surface area contributed by atoms with Crippen molar-refractivity contribution in [1.82, 2.24) is 14.9 Å². The molecule has 0 radical (unpaired) electrons. The number of aliphatic imine (C=N–C) groups is 1. The van der Waals surface area contributed by atoms with Gasteiger partial charge in [0.25, 0.3) is 0 Å². The molecule has 0 bridgehead atoms. The Hall–Kier alpha value is -1.77. The van der Waals surface area contributed by atoms with Gasteiger partial charge in [0.05, 0.1) is 29.1 Å². The molecule has 3 fully saturated rings. The second-order valence-electron chi connectivity index (χ2n) is 10.2. The van der Waals surface area contributed by atoms with E-state index in [1.54, 1.807) is 0 Å². The predicted octanol–water partition coefficient (Wildman–Crippen LogP) is 6.13. The topological polar surface area (TPSA) is 63.1 Å². The SMILES string of the molecule is C/C=C1\C(=NC(C)CC)C(Br)=Cc2nc(OCC34CCCN3CCC4)nc(N3CCCOCC3)c21.CC. The molecule has 1 atom stereocenters. The number of allylic oxidation sites excluding steroid dienone is 3. The van der Waals surface area contributed by atoms with Crippen LogP contribution >= 0.6 is 15.9 Å². The zero-order valence-corrected chi connectivity index (χ0v) is 24.9. The lowest BCUT2D eigenvalue weighted by Gasteiger charge is -2.32. The lowest BCUT2D eigenvalue weighted by molar-refractivity contribution is 0.107. The molecule has 1 aliphatic carbocycles. The Morgan fingerprint density at radius 3 is 2.59 bits per heavy atom. The summed E-state index contributed by atoms with van der Waals surface area (Å²) in [6, 6.07) is 0.715. The van der Waals surface area contributed by atoms with E-state index in [-0.39, 0.29) is 11.6 Å². The third kappa shape index (κ3) is 5.96. The van der Waals surface area contributed by atoms with E-state index in [9.17, 15) is 0 Å². The van der Waals surface area contributed by atoms with Gasteiger partial charge in [0.2, 0.25) is 0 Å². The first kappa shape index (κ1) is 28.2. The summed E-state index contributed by atoms with van der Waals surface area (Å²) in [4.78, 5) is 20.0. The van der Waals surface area contributed by atoms with Gasteiger partial charge in [-0.1, -0.05) is 26.8 Å². The molecule has 5 rings (SSSR count). The van der Waals surface area contributed by atoms with Crippen molar-refractivity contribution >= 4 is 39.1 Å². The molecule has 4 aliphatic rings. The van der Waals surface area contributed by atoms with Crippen molar-refractivity contribution in [2.75, 3.05) is 50.9 Å². The summed E-state index contributed by atoms with van der Waals surface area (Å²) < 4.78 is 13.1. The first-order chi connectivity index (χ1) is 18.0. The van der Waals surface area contributed by atoms with E-state index >= 15 is 0 Å². The van der Waals surface area contributed by atoms with Crippen LogP contribution in [0, 0.1) is 0 Å². The maximum atomic E-state index is 6.42. The van der Waals surface area contributed by atoms with Crippen LogP contribution in [0.1, 0.15) is 84.4 Å². The van der Waals surface area contributed by atoms with Gasteiger partial charge in [-0.3, -0.25) is 9.89 Å². The zero-order chi connectivity index (χ0) is 26.4. The number of nitrogens with zero attached hydrogens (tertiary/aromatic N) is 5. The summed E-state index contributed by atoms with van der Waals surface area (Å²) in [5.74, 6) is 0.934. The minimum Gasteiger partial charge on any atom is -0.461 e. The van der Waals surface area contributed by atoms with Crippen LogP contribution in [0.25, 0.3) is 11.6 Å². The number of halogens is 1. The number of aromatic nitrogens is 2. The molecule has 1 aromatic heterocycles. The maximum absolute atomic E-state index is 6.42. The molecule has 204 valence electrons. The van der Waals surface area contributed by atoms with E-state index in [0.717, 1.165) is 65.4 Å². The summed E-state index contributed by atoms with van der Waals surface area (Å²) in [5.41, 5.74) is 4.17. The Morgan fingerprint density at radius 1 is 1.14 bits per heavy atom. The second-order valence-corrected chi connectivity index (χ2v) is 11.0. The van der Waals surface area contributed by atoms with Crippen molar-refractivity contribution in [3.63, 3.8) is 0 Å². The van der Waals surface area contributed by atoms with Crippen molar-refractivity contribution in [2.45, 2.75) is 84.7 Å². The largest absolute Gasteiger partial charge is 0.461 e. The second kappa shape index (κ2) is 12.9. The fourth-order valence-electron chi connectivity index (χ4n) is 5.88. The molecule has 1 unspecified atom stereocenters. The highest BCUT2D eigenvalue weighted by atomic mass is 79.9. The number of ether oxygens (including phenoxy) is 2. The monoisotopic (exact) mass is 573 g/mol. The predicted molar refractivity (Wildman–Crippen MR) is 157 cm³/mol. The Balaban J connectivity index is 0.00000156. The first-order valence-corrected chi connectivity index (χ1v) is 15.1. The van der Waals surface area contributed by atoms with Crippen LogP contribution in [0.5, 0.6) is 6.01 Å². The summed E-state index contributed by atoms with van der Waals surface area (Å²) in [6.45, 7) is 16.6. The molecule has 0 spiro atoms. The maximum Gasteiger partial charge on any atom is 0.319 e. The molecule has 0 N–H and O–H groups in total. The highest BCUT2D eigenvalue weighted by Crippen LogP contribution is 2.41. The summed E-state index contributed by atoms with van der Waals surface area (Å²) in [7, 11) is 0. The fraction of sp³-hybridized carbons (Fsp3) is 0.690. The molecule has 3 saturated heterocycles. The minimum absolute atomic E-state index is 0.164. The van der Waals surface area contributed by atoms with Crippen molar-refractivity contribution in [2.24, 2.45) is 4.99 Å². The van der Waals surface area contributed by atoms with E-state index in [1.165, 1.54) is 38.8 Å². The Labute approximate surface area is 231 Å². The van der Waals surface area contributed by atoms with Crippen molar-refractivity contribution < 1.29 is 9.47 Å². The summed E-state index contributed by atoms with van der Waals surface area (Å²) in [6.07, 6.45) is 11.1. The van der Waals surface area contributed by atoms with Crippen LogP contribution in [0.15, 0.2) is 15.6 Å². The highest BCUT2D eigenvalue weighted by molar-refractivity contribution is 9.12. The van der Waals surface area contributed by atoms with Crippen molar-refractivity contribution in [3.05, 3.63) is 21.8 Å². The van der Waals surface area contributed by atoms with Crippen molar-refractivity contribution in [3.8, 4) is 6.01 Å². The minimum atomic E-state index is 0.164. The van der Waals surface area contributed by atoms with Gasteiger partial charge in [-0.05, 0) is 87.5 Å². The van der Waals surface area contributed by atoms with E-state index in [1.807, 2.05) is 13.8 Å². The average molecular weight is 575 g/mol. The fourth-order valence-corrected chi connectivity index (χ4v) is 6.41. The molecule has 0 aromatic carbocycles. The van der Waals surface area contributed by atoms with Crippen LogP contribution in [0.4, 0.5) is 5.82 Å². The van der Waals surface area contributed by atoms with Gasteiger partial charge in [0.15, 0.2) is 0 Å². The van der Waals surface area contributed by atoms with Crippen LogP contribution < -0.4 is 9.64 Å². The molecule has 8 heteroatoms. The number of fused-ring (bicyclic) bond motifs is 2. The Bertz CT molecular complexity index is 1020. The third-order valence-corrected chi connectivity index (χ3v) is 8.55. The van der Waals surface area contributed by atoms with Crippen LogP contribution in [-0.2, 0) is 4.74 Å². The van der Waals surface area contributed by atoms with Crippen molar-refractivity contribution in [1.29, 1.82) is 0 Å². The lowest BCUT2D eigenvalue weighted by atomic mass is 9.93. The van der Waals surface area contributed by atoms with E-state index in [4.69, 9.17) is 24.4 Å². The molecule has 3 aliphatic heterocycles. The molecule has 4 heterocycles. The number of anilines is 1. The average Bonchev–Trinajstić information content (AvgIpc) is 3.38. The smallest absolute Gasteiger partial charge is 0.319 e. The summed E-state index contributed by atoms with van der Waals surface area (Å²) >= 11 is 3.80. The van der Waals surface area contributed by atoms with Gasteiger partial charge in [-0.15, -0.1) is 0 Å². The van der Waals surface area contributed by atoms with Crippen LogP contribution in [-0.4, -0.2) is 78.2 Å². The molecular weight excluding hydrogens is 530 g/mol. The molecule has 0 amide bonds. The molecule has 37 heavy (non-hydrogen) atoms. The van der Waals surface area contributed by atoms with Gasteiger partial charge in [0.1, 0.15) is 12.4 Å². The van der Waals surface area contributed by atoms with Crippen LogP contribution in [0.2, 0.25) is 0 Å². The molecule has 0 saturated carbocycles. The van der Waals surface area contributed by atoms with E-state index < -0.39 is 0 Å². The Kier molecular flexibility index (Phi) is 9.81. The quantitative estimate of drug-likeness (QED) is 0.408. The van der Waals surface area contributed by atoms with Gasteiger partial charge in [0, 0.05) is 35.8 Å². The van der Waals surface area contributed by atoms with Gasteiger partial charge < -0.3 is 14.4 Å². The molecule has 1 aromatic rings. The third-order valence-electron chi connectivity index (χ3n) is 7.94. The van der Waals surface area contributed by atoms with E-state index in [2.05, 4.69) is 58.7 Å².